The number of nitrogens with zero attached hydrogens (tertiary/aromatic N) is 1. The highest BCUT2D eigenvalue weighted by atomic mass is 16.2. The van der Waals surface area contributed by atoms with Gasteiger partial charge in [-0.3, -0.25) is 4.79 Å². The number of hydrogen-bond donors (Lipinski definition) is 1. The lowest BCUT2D eigenvalue weighted by Crippen LogP contribution is -2.45. The van der Waals surface area contributed by atoms with Crippen LogP contribution in [-0.4, -0.2) is 29.4 Å². The van der Waals surface area contributed by atoms with Crippen LogP contribution < -0.4 is 5.73 Å². The van der Waals surface area contributed by atoms with Crippen molar-refractivity contribution in [2.45, 2.75) is 76.8 Å². The summed E-state index contributed by atoms with van der Waals surface area (Å²) in [5, 5.41) is 0. The second kappa shape index (κ2) is 6.05. The van der Waals surface area contributed by atoms with Crippen LogP contribution in [0.4, 0.5) is 0 Å². The molecule has 2 N–H and O–H groups in total. The first-order chi connectivity index (χ1) is 9.72. The van der Waals surface area contributed by atoms with Crippen LogP contribution >= 0.6 is 0 Å². The summed E-state index contributed by atoms with van der Waals surface area (Å²) in [7, 11) is 0. The first kappa shape index (κ1) is 14.4. The fraction of sp³-hybridized carbons (Fsp3) is 0.941. The SMILES string of the molecule is CCCN(C(=O)C1C2CCCCC21)C1CCC(N)CC1. The predicted molar refractivity (Wildman–Crippen MR) is 81.2 cm³/mol. The Bertz CT molecular complexity index is 337. The molecule has 3 aliphatic carbocycles. The van der Waals surface area contributed by atoms with Crippen molar-refractivity contribution >= 4 is 5.91 Å². The van der Waals surface area contributed by atoms with E-state index in [0.29, 0.717) is 23.9 Å². The summed E-state index contributed by atoms with van der Waals surface area (Å²) in [6, 6.07) is 0.846. The quantitative estimate of drug-likeness (QED) is 0.859. The minimum Gasteiger partial charge on any atom is -0.339 e. The molecule has 0 radical (unpaired) electrons. The average molecular weight is 278 g/mol. The molecule has 3 nitrogen and oxygen atoms in total. The normalized spacial score (nSPS) is 40.0. The molecule has 3 rings (SSSR count). The number of nitrogens with two attached hydrogens (primary N) is 1. The molecule has 3 fully saturated rings. The monoisotopic (exact) mass is 278 g/mol. The average Bonchev–Trinajstić information content (AvgIpc) is 3.19. The number of amides is 1. The van der Waals surface area contributed by atoms with Gasteiger partial charge >= 0.3 is 0 Å². The third kappa shape index (κ3) is 2.74. The van der Waals surface area contributed by atoms with Crippen molar-refractivity contribution in [2.24, 2.45) is 23.5 Å². The molecule has 20 heavy (non-hydrogen) atoms. The Kier molecular flexibility index (Phi) is 4.34. The summed E-state index contributed by atoms with van der Waals surface area (Å²) in [5.41, 5.74) is 6.01. The zero-order valence-corrected chi connectivity index (χ0v) is 12.9. The topological polar surface area (TPSA) is 46.3 Å². The highest BCUT2D eigenvalue weighted by Crippen LogP contribution is 2.56. The maximum absolute atomic E-state index is 12.9. The van der Waals surface area contributed by atoms with E-state index in [1.165, 1.54) is 25.7 Å². The van der Waals surface area contributed by atoms with Crippen LogP contribution in [-0.2, 0) is 4.79 Å². The fourth-order valence-corrected chi connectivity index (χ4v) is 4.68. The van der Waals surface area contributed by atoms with Gasteiger partial charge in [-0.15, -0.1) is 0 Å². The molecule has 2 atom stereocenters. The summed E-state index contributed by atoms with van der Waals surface area (Å²) in [6.07, 6.45) is 10.8. The van der Waals surface area contributed by atoms with E-state index < -0.39 is 0 Å². The Morgan fingerprint density at radius 3 is 2.20 bits per heavy atom. The first-order valence-corrected chi connectivity index (χ1v) is 8.78. The number of carbonyl (C=O) groups excluding carboxylic acids is 1. The largest absolute Gasteiger partial charge is 0.339 e. The summed E-state index contributed by atoms with van der Waals surface area (Å²) in [6.45, 7) is 3.14. The van der Waals surface area contributed by atoms with Gasteiger partial charge in [-0.1, -0.05) is 19.8 Å². The lowest BCUT2D eigenvalue weighted by molar-refractivity contribution is -0.136. The highest BCUT2D eigenvalue weighted by Gasteiger charge is 2.56. The number of rotatable bonds is 4. The van der Waals surface area contributed by atoms with Crippen molar-refractivity contribution in [1.82, 2.24) is 4.90 Å². The molecule has 0 heterocycles. The molecule has 0 aromatic rings. The van der Waals surface area contributed by atoms with Crippen molar-refractivity contribution in [1.29, 1.82) is 0 Å². The molecule has 3 aliphatic rings. The Balaban J connectivity index is 1.63. The van der Waals surface area contributed by atoms with Crippen LogP contribution in [0.3, 0.4) is 0 Å². The molecular weight excluding hydrogens is 248 g/mol. The van der Waals surface area contributed by atoms with E-state index in [2.05, 4.69) is 11.8 Å². The van der Waals surface area contributed by atoms with Crippen LogP contribution in [0.5, 0.6) is 0 Å². The van der Waals surface area contributed by atoms with Crippen LogP contribution in [0.25, 0.3) is 0 Å². The maximum atomic E-state index is 12.9. The molecule has 0 aromatic heterocycles. The summed E-state index contributed by atoms with van der Waals surface area (Å²) in [5.74, 6) is 2.35. The maximum Gasteiger partial charge on any atom is 0.226 e. The molecule has 0 bridgehead atoms. The minimum atomic E-state index is 0.369. The summed E-state index contributed by atoms with van der Waals surface area (Å²) < 4.78 is 0. The van der Waals surface area contributed by atoms with Crippen LogP contribution in [0.1, 0.15) is 64.7 Å². The Labute approximate surface area is 123 Å². The molecular formula is C17H30N2O. The summed E-state index contributed by atoms with van der Waals surface area (Å²) in [4.78, 5) is 15.2. The smallest absolute Gasteiger partial charge is 0.226 e. The Morgan fingerprint density at radius 2 is 1.65 bits per heavy atom. The van der Waals surface area contributed by atoms with Crippen LogP contribution in [0.15, 0.2) is 0 Å². The lowest BCUT2D eigenvalue weighted by atomic mass is 9.90. The Morgan fingerprint density at radius 1 is 1.05 bits per heavy atom. The first-order valence-electron chi connectivity index (χ1n) is 8.78. The molecule has 3 saturated carbocycles. The van der Waals surface area contributed by atoms with Gasteiger partial charge in [-0.25, -0.2) is 0 Å². The molecule has 0 spiro atoms. The second-order valence-corrected chi connectivity index (χ2v) is 7.24. The third-order valence-electron chi connectivity index (χ3n) is 5.87. The third-order valence-corrected chi connectivity index (χ3v) is 5.87. The van der Waals surface area contributed by atoms with E-state index in [0.717, 1.165) is 50.5 Å². The van der Waals surface area contributed by atoms with Crippen molar-refractivity contribution in [2.75, 3.05) is 6.54 Å². The van der Waals surface area contributed by atoms with Gasteiger partial charge < -0.3 is 10.6 Å². The zero-order valence-electron chi connectivity index (χ0n) is 12.9. The van der Waals surface area contributed by atoms with Crippen molar-refractivity contribution in [3.05, 3.63) is 0 Å². The zero-order chi connectivity index (χ0) is 14.1. The fourth-order valence-electron chi connectivity index (χ4n) is 4.68. The van der Waals surface area contributed by atoms with E-state index >= 15 is 0 Å². The second-order valence-electron chi connectivity index (χ2n) is 7.24. The van der Waals surface area contributed by atoms with E-state index in [1.807, 2.05) is 0 Å². The molecule has 0 aromatic carbocycles. The Hall–Kier alpha value is -0.570. The molecule has 0 saturated heterocycles. The number of carbonyl (C=O) groups is 1. The highest BCUT2D eigenvalue weighted by molar-refractivity contribution is 5.82. The van der Waals surface area contributed by atoms with Gasteiger partial charge in [0.2, 0.25) is 5.91 Å². The molecule has 2 unspecified atom stereocenters. The predicted octanol–water partition coefficient (Wildman–Crippen LogP) is 2.93. The molecule has 114 valence electrons. The van der Waals surface area contributed by atoms with Crippen molar-refractivity contribution in [3.8, 4) is 0 Å². The van der Waals surface area contributed by atoms with Crippen LogP contribution in [0, 0.1) is 17.8 Å². The van der Waals surface area contributed by atoms with Crippen LogP contribution in [0.2, 0.25) is 0 Å². The molecule has 0 aliphatic heterocycles. The van der Waals surface area contributed by atoms with Gasteiger partial charge in [-0.2, -0.15) is 0 Å². The standard InChI is InChI=1S/C17H30N2O/c1-2-11-19(13-9-7-12(18)8-10-13)17(20)16-14-5-3-4-6-15(14)16/h12-16H,2-11,18H2,1H3. The molecule has 1 amide bonds. The van der Waals surface area contributed by atoms with Gasteiger partial charge in [0.25, 0.3) is 0 Å². The van der Waals surface area contributed by atoms with E-state index in [4.69, 9.17) is 5.73 Å². The van der Waals surface area contributed by atoms with E-state index in [9.17, 15) is 4.79 Å². The van der Waals surface area contributed by atoms with Gasteiger partial charge in [0, 0.05) is 24.5 Å². The molecule has 3 heteroatoms. The van der Waals surface area contributed by atoms with Gasteiger partial charge in [0.1, 0.15) is 0 Å². The van der Waals surface area contributed by atoms with Crippen molar-refractivity contribution < 1.29 is 4.79 Å². The van der Waals surface area contributed by atoms with Gasteiger partial charge in [0.15, 0.2) is 0 Å². The summed E-state index contributed by atoms with van der Waals surface area (Å²) >= 11 is 0. The minimum absolute atomic E-state index is 0.369. The van der Waals surface area contributed by atoms with E-state index in [-0.39, 0.29) is 0 Å². The number of fused-ring (bicyclic) bond motifs is 1. The van der Waals surface area contributed by atoms with Crippen molar-refractivity contribution in [3.63, 3.8) is 0 Å². The number of hydrogen-bond acceptors (Lipinski definition) is 2. The van der Waals surface area contributed by atoms with Gasteiger partial charge in [0.05, 0.1) is 0 Å². The van der Waals surface area contributed by atoms with Gasteiger partial charge in [-0.05, 0) is 56.8 Å². The van der Waals surface area contributed by atoms with E-state index in [1.54, 1.807) is 0 Å². The lowest BCUT2D eigenvalue weighted by Gasteiger charge is -2.36.